The van der Waals surface area contributed by atoms with Gasteiger partial charge in [0.2, 0.25) is 0 Å². The van der Waals surface area contributed by atoms with E-state index in [0.29, 0.717) is 12.5 Å². The molecule has 0 aromatic heterocycles. The van der Waals surface area contributed by atoms with Gasteiger partial charge >= 0.3 is 0 Å². The van der Waals surface area contributed by atoms with E-state index < -0.39 is 0 Å². The van der Waals surface area contributed by atoms with E-state index in [1.165, 1.54) is 0 Å². The molecular weight excluding hydrogens is 190 g/mol. The fourth-order valence-corrected chi connectivity index (χ4v) is 1.20. The average Bonchev–Trinajstić information content (AvgIpc) is 2.25. The van der Waals surface area contributed by atoms with Gasteiger partial charge in [-0.3, -0.25) is 0 Å². The summed E-state index contributed by atoms with van der Waals surface area (Å²) >= 11 is 0. The third-order valence-corrected chi connectivity index (χ3v) is 2.07. The van der Waals surface area contributed by atoms with Gasteiger partial charge in [-0.15, -0.1) is 0 Å². The zero-order valence-corrected chi connectivity index (χ0v) is 9.31. The van der Waals surface area contributed by atoms with Crippen LogP contribution in [0.3, 0.4) is 0 Å². The van der Waals surface area contributed by atoms with Gasteiger partial charge in [0.25, 0.3) is 0 Å². The Morgan fingerprint density at radius 2 is 2.13 bits per heavy atom. The van der Waals surface area contributed by atoms with Crippen LogP contribution in [0.2, 0.25) is 0 Å². The summed E-state index contributed by atoms with van der Waals surface area (Å²) in [6.45, 7) is 4.85. The van der Waals surface area contributed by atoms with E-state index in [-0.39, 0.29) is 12.6 Å². The normalized spacial score (nSPS) is 12.9. The highest BCUT2D eigenvalue weighted by atomic mass is 16.5. The van der Waals surface area contributed by atoms with Crippen LogP contribution in [0.25, 0.3) is 0 Å². The molecule has 3 nitrogen and oxygen atoms in total. The molecule has 0 aliphatic heterocycles. The highest BCUT2D eigenvalue weighted by molar-refractivity contribution is 5.30. The highest BCUT2D eigenvalue weighted by Crippen LogP contribution is 2.18. The first-order valence-electron chi connectivity index (χ1n) is 5.22. The van der Waals surface area contributed by atoms with E-state index in [9.17, 15) is 0 Å². The van der Waals surface area contributed by atoms with E-state index in [1.54, 1.807) is 0 Å². The third-order valence-electron chi connectivity index (χ3n) is 2.07. The summed E-state index contributed by atoms with van der Waals surface area (Å²) in [5.74, 6) is 1.31. The van der Waals surface area contributed by atoms with Crippen molar-refractivity contribution in [2.75, 3.05) is 13.2 Å². The second kappa shape index (κ2) is 5.73. The first-order chi connectivity index (χ1) is 7.13. The van der Waals surface area contributed by atoms with Gasteiger partial charge in [-0.05, 0) is 23.6 Å². The fourth-order valence-electron chi connectivity index (χ4n) is 1.20. The van der Waals surface area contributed by atoms with E-state index >= 15 is 0 Å². The molecule has 0 spiro atoms. The molecule has 3 heteroatoms. The minimum atomic E-state index is -0.326. The van der Waals surface area contributed by atoms with Gasteiger partial charge in [-0.2, -0.15) is 0 Å². The van der Waals surface area contributed by atoms with Crippen molar-refractivity contribution in [3.8, 4) is 5.75 Å². The second-order valence-corrected chi connectivity index (χ2v) is 4.07. The number of ether oxygens (including phenoxy) is 1. The molecule has 3 N–H and O–H groups in total. The number of benzene rings is 1. The Labute approximate surface area is 90.9 Å². The van der Waals surface area contributed by atoms with Gasteiger partial charge in [0.15, 0.2) is 0 Å². The van der Waals surface area contributed by atoms with Crippen LogP contribution in [0.1, 0.15) is 25.5 Å². The molecule has 0 heterocycles. The SMILES string of the molecule is CC(C)COc1cccc([C@@H](N)CO)c1. The number of aliphatic hydroxyl groups excluding tert-OH is 1. The Kier molecular flexibility index (Phi) is 4.59. The van der Waals surface area contributed by atoms with E-state index in [0.717, 1.165) is 11.3 Å². The summed E-state index contributed by atoms with van der Waals surface area (Å²) in [4.78, 5) is 0. The number of hydrogen-bond acceptors (Lipinski definition) is 3. The number of hydrogen-bond donors (Lipinski definition) is 2. The van der Waals surface area contributed by atoms with Crippen LogP contribution in [0, 0.1) is 5.92 Å². The van der Waals surface area contributed by atoms with Gasteiger partial charge in [0.05, 0.1) is 19.3 Å². The molecule has 1 aromatic rings. The maximum Gasteiger partial charge on any atom is 0.119 e. The van der Waals surface area contributed by atoms with Crippen LogP contribution < -0.4 is 10.5 Å². The largest absolute Gasteiger partial charge is 0.493 e. The maximum absolute atomic E-state index is 8.93. The quantitative estimate of drug-likeness (QED) is 0.776. The summed E-state index contributed by atoms with van der Waals surface area (Å²) in [6.07, 6.45) is 0. The minimum Gasteiger partial charge on any atom is -0.493 e. The molecule has 0 fully saturated rings. The second-order valence-electron chi connectivity index (χ2n) is 4.07. The zero-order chi connectivity index (χ0) is 11.3. The number of nitrogens with two attached hydrogens (primary N) is 1. The van der Waals surface area contributed by atoms with Gasteiger partial charge < -0.3 is 15.6 Å². The van der Waals surface area contributed by atoms with Gasteiger partial charge in [0, 0.05) is 0 Å². The summed E-state index contributed by atoms with van der Waals surface area (Å²) in [6, 6.07) is 7.23. The topological polar surface area (TPSA) is 55.5 Å². The lowest BCUT2D eigenvalue weighted by molar-refractivity contribution is 0.263. The molecular formula is C12H19NO2. The van der Waals surface area contributed by atoms with Crippen molar-refractivity contribution in [2.24, 2.45) is 11.7 Å². The fraction of sp³-hybridized carbons (Fsp3) is 0.500. The van der Waals surface area contributed by atoms with Gasteiger partial charge in [0.1, 0.15) is 5.75 Å². The standard InChI is InChI=1S/C12H19NO2/c1-9(2)8-15-11-5-3-4-10(6-11)12(13)7-14/h3-6,9,12,14H,7-8,13H2,1-2H3/t12-/m0/s1. The average molecular weight is 209 g/mol. The van der Waals surface area contributed by atoms with Crippen molar-refractivity contribution >= 4 is 0 Å². The number of aliphatic hydroxyl groups is 1. The molecule has 0 aliphatic carbocycles. The van der Waals surface area contributed by atoms with Crippen molar-refractivity contribution in [2.45, 2.75) is 19.9 Å². The van der Waals surface area contributed by atoms with Crippen molar-refractivity contribution in [3.05, 3.63) is 29.8 Å². The lowest BCUT2D eigenvalue weighted by atomic mass is 10.1. The molecule has 0 amide bonds. The highest BCUT2D eigenvalue weighted by Gasteiger charge is 2.05. The summed E-state index contributed by atoms with van der Waals surface area (Å²) in [7, 11) is 0. The molecule has 84 valence electrons. The lowest BCUT2D eigenvalue weighted by Gasteiger charge is -2.12. The maximum atomic E-state index is 8.93. The lowest BCUT2D eigenvalue weighted by Crippen LogP contribution is -2.14. The smallest absolute Gasteiger partial charge is 0.119 e. The van der Waals surface area contributed by atoms with Crippen molar-refractivity contribution in [1.29, 1.82) is 0 Å². The Bertz CT molecular complexity index is 299. The first-order valence-corrected chi connectivity index (χ1v) is 5.22. The molecule has 0 saturated carbocycles. The molecule has 1 atom stereocenters. The predicted molar refractivity (Wildman–Crippen MR) is 60.8 cm³/mol. The van der Waals surface area contributed by atoms with Crippen LogP contribution >= 0.6 is 0 Å². The Morgan fingerprint density at radius 3 is 2.73 bits per heavy atom. The van der Waals surface area contributed by atoms with Crippen LogP contribution in [-0.4, -0.2) is 18.3 Å². The molecule has 0 unspecified atom stereocenters. The van der Waals surface area contributed by atoms with Crippen LogP contribution in [0.5, 0.6) is 5.75 Å². The third kappa shape index (κ3) is 3.90. The number of rotatable bonds is 5. The Balaban J connectivity index is 2.65. The van der Waals surface area contributed by atoms with Crippen molar-refractivity contribution in [3.63, 3.8) is 0 Å². The molecule has 15 heavy (non-hydrogen) atoms. The van der Waals surface area contributed by atoms with E-state index in [4.69, 9.17) is 15.6 Å². The summed E-state index contributed by atoms with van der Waals surface area (Å²) in [5, 5.41) is 8.93. The monoisotopic (exact) mass is 209 g/mol. The molecule has 1 aromatic carbocycles. The molecule has 0 aliphatic rings. The van der Waals surface area contributed by atoms with Gasteiger partial charge in [-0.1, -0.05) is 26.0 Å². The van der Waals surface area contributed by atoms with E-state index in [2.05, 4.69) is 13.8 Å². The summed E-state index contributed by atoms with van der Waals surface area (Å²) < 4.78 is 5.57. The van der Waals surface area contributed by atoms with Gasteiger partial charge in [-0.25, -0.2) is 0 Å². The van der Waals surface area contributed by atoms with Crippen molar-refractivity contribution in [1.82, 2.24) is 0 Å². The van der Waals surface area contributed by atoms with E-state index in [1.807, 2.05) is 24.3 Å². The zero-order valence-electron chi connectivity index (χ0n) is 9.31. The van der Waals surface area contributed by atoms with Crippen LogP contribution in [0.4, 0.5) is 0 Å². The Morgan fingerprint density at radius 1 is 1.40 bits per heavy atom. The molecule has 0 saturated heterocycles. The van der Waals surface area contributed by atoms with Crippen LogP contribution in [0.15, 0.2) is 24.3 Å². The van der Waals surface area contributed by atoms with Crippen molar-refractivity contribution < 1.29 is 9.84 Å². The summed E-state index contributed by atoms with van der Waals surface area (Å²) in [5.41, 5.74) is 6.62. The predicted octanol–water partition coefficient (Wildman–Crippen LogP) is 1.71. The van der Waals surface area contributed by atoms with Crippen LogP contribution in [-0.2, 0) is 0 Å². The molecule has 0 radical (unpaired) electrons. The minimum absolute atomic E-state index is 0.0480. The first kappa shape index (κ1) is 12.0. The Hall–Kier alpha value is -1.06. The molecule has 0 bridgehead atoms. The molecule has 1 rings (SSSR count).